The van der Waals surface area contributed by atoms with Crippen LogP contribution in [0.1, 0.15) is 17.2 Å². The Labute approximate surface area is 151 Å². The number of likely N-dealkylation sites (N-methyl/N-ethyl adjacent to an activating group) is 1. The molecule has 108 valence electrons. The molecule has 1 heterocycles. The van der Waals surface area contributed by atoms with Gasteiger partial charge < -0.3 is 5.32 Å². The number of hydrogen-bond donors (Lipinski definition) is 1. The van der Waals surface area contributed by atoms with Crippen LogP contribution in [0.15, 0.2) is 52.3 Å². The monoisotopic (exact) mass is 471 g/mol. The summed E-state index contributed by atoms with van der Waals surface area (Å²) < 4.78 is 3.80. The summed E-state index contributed by atoms with van der Waals surface area (Å²) in [5, 5.41) is 7.14. The van der Waals surface area contributed by atoms with Gasteiger partial charge >= 0.3 is 0 Å². The van der Waals surface area contributed by atoms with Crippen molar-refractivity contribution in [2.24, 2.45) is 0 Å². The van der Waals surface area contributed by atoms with E-state index < -0.39 is 0 Å². The molecule has 3 aromatic rings. The number of fused-ring (bicyclic) bond motifs is 1. The Morgan fingerprint density at radius 2 is 2.05 bits per heavy atom. The fourth-order valence-electron chi connectivity index (χ4n) is 2.56. The lowest BCUT2D eigenvalue weighted by Gasteiger charge is -2.18. The standard InChI is InChI=1S/C17H15BrINS/c1-20-16(14-9-12(18)6-7-15(14)19)8-11-10-21-17-5-3-2-4-13(11)17/h2-7,9-10,16,20H,8H2,1H3. The van der Waals surface area contributed by atoms with Crippen LogP contribution >= 0.6 is 49.9 Å². The average Bonchev–Trinajstić information content (AvgIpc) is 2.91. The Morgan fingerprint density at radius 1 is 1.24 bits per heavy atom. The maximum atomic E-state index is 3.58. The minimum absolute atomic E-state index is 0.326. The fourth-order valence-corrected chi connectivity index (χ4v) is 4.63. The van der Waals surface area contributed by atoms with Gasteiger partial charge in [0.25, 0.3) is 0 Å². The summed E-state index contributed by atoms with van der Waals surface area (Å²) in [6, 6.07) is 15.4. The Morgan fingerprint density at radius 3 is 2.86 bits per heavy atom. The molecule has 1 nitrogen and oxygen atoms in total. The molecule has 4 heteroatoms. The van der Waals surface area contributed by atoms with Crippen LogP contribution < -0.4 is 5.32 Å². The van der Waals surface area contributed by atoms with Crippen LogP contribution in [-0.4, -0.2) is 7.05 Å². The van der Waals surface area contributed by atoms with Crippen LogP contribution in [0.25, 0.3) is 10.1 Å². The normalized spacial score (nSPS) is 12.7. The Balaban J connectivity index is 1.96. The second kappa shape index (κ2) is 6.77. The molecule has 3 rings (SSSR count). The summed E-state index contributed by atoms with van der Waals surface area (Å²) in [4.78, 5) is 0. The van der Waals surface area contributed by atoms with Crippen molar-refractivity contribution in [2.45, 2.75) is 12.5 Å². The van der Waals surface area contributed by atoms with Crippen molar-refractivity contribution in [1.29, 1.82) is 0 Å². The molecule has 0 bridgehead atoms. The van der Waals surface area contributed by atoms with Gasteiger partial charge in [0.15, 0.2) is 0 Å². The molecule has 0 radical (unpaired) electrons. The highest BCUT2D eigenvalue weighted by molar-refractivity contribution is 14.1. The number of benzene rings is 2. The van der Waals surface area contributed by atoms with Crippen molar-refractivity contribution in [2.75, 3.05) is 7.05 Å². The lowest BCUT2D eigenvalue weighted by molar-refractivity contribution is 0.591. The summed E-state index contributed by atoms with van der Waals surface area (Å²) in [5.41, 5.74) is 2.77. The van der Waals surface area contributed by atoms with Gasteiger partial charge in [-0.25, -0.2) is 0 Å². The minimum Gasteiger partial charge on any atom is -0.313 e. The first-order valence-corrected chi connectivity index (χ1v) is 9.51. The predicted molar refractivity (Wildman–Crippen MR) is 104 cm³/mol. The molecule has 0 fully saturated rings. The van der Waals surface area contributed by atoms with Crippen molar-refractivity contribution >= 4 is 59.9 Å². The lowest BCUT2D eigenvalue weighted by atomic mass is 9.99. The lowest BCUT2D eigenvalue weighted by Crippen LogP contribution is -2.19. The number of halogens is 2. The van der Waals surface area contributed by atoms with Crippen LogP contribution in [-0.2, 0) is 6.42 Å². The minimum atomic E-state index is 0.326. The van der Waals surface area contributed by atoms with Gasteiger partial charge in [-0.2, -0.15) is 0 Å². The van der Waals surface area contributed by atoms with E-state index in [0.29, 0.717) is 6.04 Å². The Kier molecular flexibility index (Phi) is 4.99. The first kappa shape index (κ1) is 15.5. The third-order valence-electron chi connectivity index (χ3n) is 3.67. The van der Waals surface area contributed by atoms with Crippen molar-refractivity contribution < 1.29 is 0 Å². The van der Waals surface area contributed by atoms with Crippen LogP contribution in [0.5, 0.6) is 0 Å². The summed E-state index contributed by atoms with van der Waals surface area (Å²) in [7, 11) is 2.04. The largest absolute Gasteiger partial charge is 0.313 e. The highest BCUT2D eigenvalue weighted by Gasteiger charge is 2.16. The van der Waals surface area contributed by atoms with Gasteiger partial charge in [0.1, 0.15) is 0 Å². The molecule has 1 unspecified atom stereocenters. The highest BCUT2D eigenvalue weighted by atomic mass is 127. The van der Waals surface area contributed by atoms with Crippen molar-refractivity contribution in [3.63, 3.8) is 0 Å². The number of rotatable bonds is 4. The molecular formula is C17H15BrINS. The zero-order valence-electron chi connectivity index (χ0n) is 11.6. The van der Waals surface area contributed by atoms with Gasteiger partial charge in [-0.05, 0) is 82.2 Å². The number of thiophene rings is 1. The second-order valence-electron chi connectivity index (χ2n) is 4.97. The second-order valence-corrected chi connectivity index (χ2v) is 7.96. The van der Waals surface area contributed by atoms with E-state index in [-0.39, 0.29) is 0 Å². The maximum absolute atomic E-state index is 3.58. The van der Waals surface area contributed by atoms with E-state index in [4.69, 9.17) is 0 Å². The van der Waals surface area contributed by atoms with E-state index in [0.717, 1.165) is 10.9 Å². The van der Waals surface area contributed by atoms with Crippen molar-refractivity contribution in [3.8, 4) is 0 Å². The quantitative estimate of drug-likeness (QED) is 0.476. The van der Waals surface area contributed by atoms with Gasteiger partial charge in [0.05, 0.1) is 0 Å². The smallest absolute Gasteiger partial charge is 0.0369 e. The molecule has 0 amide bonds. The van der Waals surface area contributed by atoms with Gasteiger partial charge in [-0.3, -0.25) is 0 Å². The van der Waals surface area contributed by atoms with Crippen LogP contribution in [0.4, 0.5) is 0 Å². The van der Waals surface area contributed by atoms with Gasteiger partial charge in [0, 0.05) is 18.8 Å². The van der Waals surface area contributed by atoms with Crippen molar-refractivity contribution in [1.82, 2.24) is 5.32 Å². The summed E-state index contributed by atoms with van der Waals surface area (Å²) in [6.07, 6.45) is 1.01. The first-order chi connectivity index (χ1) is 10.2. The van der Waals surface area contributed by atoms with E-state index in [1.165, 1.54) is 24.8 Å². The Bertz CT molecular complexity index is 768. The van der Waals surface area contributed by atoms with Crippen LogP contribution in [0, 0.1) is 3.57 Å². The molecule has 1 N–H and O–H groups in total. The highest BCUT2D eigenvalue weighted by Crippen LogP contribution is 2.31. The summed E-state index contributed by atoms with van der Waals surface area (Å²) in [5.74, 6) is 0. The third kappa shape index (κ3) is 3.33. The molecule has 0 aliphatic rings. The van der Waals surface area contributed by atoms with Crippen molar-refractivity contribution in [3.05, 3.63) is 67.0 Å². The number of nitrogens with one attached hydrogen (secondary N) is 1. The molecule has 0 aliphatic heterocycles. The molecule has 21 heavy (non-hydrogen) atoms. The fraction of sp³-hybridized carbons (Fsp3) is 0.176. The van der Waals surface area contributed by atoms with E-state index in [1.54, 1.807) is 0 Å². The molecule has 0 saturated carbocycles. The van der Waals surface area contributed by atoms with E-state index in [2.05, 4.69) is 91.7 Å². The van der Waals surface area contributed by atoms with E-state index in [9.17, 15) is 0 Å². The van der Waals surface area contributed by atoms with Gasteiger partial charge in [-0.1, -0.05) is 34.1 Å². The zero-order valence-corrected chi connectivity index (χ0v) is 16.1. The SMILES string of the molecule is CNC(Cc1csc2ccccc12)c1cc(Br)ccc1I. The van der Waals surface area contributed by atoms with Crippen LogP contribution in [0.2, 0.25) is 0 Å². The molecule has 2 aromatic carbocycles. The average molecular weight is 472 g/mol. The summed E-state index contributed by atoms with van der Waals surface area (Å²) >= 11 is 7.83. The Hall–Kier alpha value is -0.430. The topological polar surface area (TPSA) is 12.0 Å². The molecule has 0 saturated heterocycles. The molecule has 1 aromatic heterocycles. The van der Waals surface area contributed by atoms with Gasteiger partial charge in [0.2, 0.25) is 0 Å². The molecule has 1 atom stereocenters. The van der Waals surface area contributed by atoms with E-state index in [1.807, 2.05) is 18.4 Å². The van der Waals surface area contributed by atoms with E-state index >= 15 is 0 Å². The molecule has 0 aliphatic carbocycles. The maximum Gasteiger partial charge on any atom is 0.0369 e. The first-order valence-electron chi connectivity index (χ1n) is 6.76. The zero-order chi connectivity index (χ0) is 14.8. The molecular weight excluding hydrogens is 457 g/mol. The van der Waals surface area contributed by atoms with Crippen LogP contribution in [0.3, 0.4) is 0 Å². The van der Waals surface area contributed by atoms with Gasteiger partial charge in [-0.15, -0.1) is 11.3 Å². The number of hydrogen-bond acceptors (Lipinski definition) is 2. The summed E-state index contributed by atoms with van der Waals surface area (Å²) in [6.45, 7) is 0. The predicted octanol–water partition coefficient (Wildman–Crippen LogP) is 5.77. The third-order valence-corrected chi connectivity index (χ3v) is 6.16. The molecule has 0 spiro atoms.